The number of nitrogens with zero attached hydrogens (tertiary/aromatic N) is 2. The smallest absolute Gasteiger partial charge is 0.125 e. The predicted molar refractivity (Wildman–Crippen MR) is 76.9 cm³/mol. The molecular formula is C13H23N3OS. The van der Waals surface area contributed by atoms with Gasteiger partial charge in [-0.3, -0.25) is 0 Å². The van der Waals surface area contributed by atoms with Crippen LogP contribution in [0.5, 0.6) is 0 Å². The Morgan fingerprint density at radius 1 is 1.44 bits per heavy atom. The largest absolute Gasteiger partial charge is 0.396 e. The van der Waals surface area contributed by atoms with Crippen molar-refractivity contribution in [3.8, 4) is 0 Å². The van der Waals surface area contributed by atoms with Crippen LogP contribution in [0.3, 0.4) is 0 Å². The Hall–Kier alpha value is -0.650. The second-order valence-corrected chi connectivity index (χ2v) is 5.42. The maximum atomic E-state index is 9.06. The topological polar surface area (TPSA) is 58.0 Å². The van der Waals surface area contributed by atoms with E-state index in [0.717, 1.165) is 29.3 Å². The molecule has 1 rings (SSSR count). The first-order chi connectivity index (χ1) is 8.58. The summed E-state index contributed by atoms with van der Waals surface area (Å²) >= 11 is 1.79. The van der Waals surface area contributed by atoms with Crippen molar-refractivity contribution in [1.82, 2.24) is 15.3 Å². The molecule has 0 saturated carbocycles. The van der Waals surface area contributed by atoms with Crippen molar-refractivity contribution in [2.24, 2.45) is 0 Å². The molecule has 2 N–H and O–H groups in total. The standard InChI is InChI=1S/C13H23N3OS/c1-9-13(7-14-11(3)15-9)10(2)16-12(5-6-17)8-18-4/h7,10,12,16-17H,5-6,8H2,1-4H3. The third-order valence-corrected chi connectivity index (χ3v) is 3.67. The molecule has 18 heavy (non-hydrogen) atoms. The molecule has 0 fully saturated rings. The van der Waals surface area contributed by atoms with Crippen LogP contribution in [0, 0.1) is 13.8 Å². The van der Waals surface area contributed by atoms with E-state index in [4.69, 9.17) is 5.11 Å². The molecule has 4 nitrogen and oxygen atoms in total. The number of hydrogen-bond donors (Lipinski definition) is 2. The summed E-state index contributed by atoms with van der Waals surface area (Å²) in [6.07, 6.45) is 4.75. The zero-order valence-electron chi connectivity index (χ0n) is 11.6. The Labute approximate surface area is 114 Å². The van der Waals surface area contributed by atoms with Gasteiger partial charge in [-0.1, -0.05) is 0 Å². The summed E-state index contributed by atoms with van der Waals surface area (Å²) in [6.45, 7) is 6.25. The number of nitrogens with one attached hydrogen (secondary N) is 1. The lowest BCUT2D eigenvalue weighted by molar-refractivity contribution is 0.265. The number of aryl methyl sites for hydroxylation is 2. The average molecular weight is 269 g/mol. The number of aliphatic hydroxyl groups is 1. The molecule has 102 valence electrons. The van der Waals surface area contributed by atoms with Crippen molar-refractivity contribution >= 4 is 11.8 Å². The maximum Gasteiger partial charge on any atom is 0.125 e. The Bertz CT molecular complexity index is 367. The van der Waals surface area contributed by atoms with Gasteiger partial charge in [0.2, 0.25) is 0 Å². The van der Waals surface area contributed by atoms with Crippen LogP contribution in [-0.2, 0) is 0 Å². The van der Waals surface area contributed by atoms with Crippen LogP contribution in [-0.4, -0.2) is 39.7 Å². The zero-order valence-corrected chi connectivity index (χ0v) is 12.4. The van der Waals surface area contributed by atoms with Crippen LogP contribution in [0.4, 0.5) is 0 Å². The van der Waals surface area contributed by atoms with Gasteiger partial charge in [0.25, 0.3) is 0 Å². The van der Waals surface area contributed by atoms with E-state index in [1.807, 2.05) is 20.0 Å². The molecule has 0 spiro atoms. The average Bonchev–Trinajstić information content (AvgIpc) is 2.29. The molecule has 0 aliphatic heterocycles. The Kier molecular flexibility index (Phi) is 6.60. The normalized spacial score (nSPS) is 14.5. The van der Waals surface area contributed by atoms with Gasteiger partial charge in [-0.05, 0) is 33.4 Å². The molecule has 1 aromatic heterocycles. The highest BCUT2D eigenvalue weighted by molar-refractivity contribution is 7.98. The van der Waals surface area contributed by atoms with Crippen molar-refractivity contribution < 1.29 is 5.11 Å². The second-order valence-electron chi connectivity index (χ2n) is 4.51. The minimum Gasteiger partial charge on any atom is -0.396 e. The van der Waals surface area contributed by atoms with Crippen molar-refractivity contribution in [2.45, 2.75) is 39.3 Å². The summed E-state index contributed by atoms with van der Waals surface area (Å²) in [4.78, 5) is 8.64. The van der Waals surface area contributed by atoms with Crippen LogP contribution < -0.4 is 5.32 Å². The summed E-state index contributed by atoms with van der Waals surface area (Å²) in [5, 5.41) is 12.6. The van der Waals surface area contributed by atoms with Gasteiger partial charge in [-0.15, -0.1) is 0 Å². The highest BCUT2D eigenvalue weighted by Crippen LogP contribution is 2.16. The number of aromatic nitrogens is 2. The van der Waals surface area contributed by atoms with E-state index in [1.165, 1.54) is 0 Å². The summed E-state index contributed by atoms with van der Waals surface area (Å²) in [5.41, 5.74) is 2.15. The fourth-order valence-corrected chi connectivity index (χ4v) is 2.70. The van der Waals surface area contributed by atoms with Gasteiger partial charge >= 0.3 is 0 Å². The first-order valence-electron chi connectivity index (χ1n) is 6.24. The van der Waals surface area contributed by atoms with Crippen LogP contribution in [0.1, 0.15) is 36.5 Å². The highest BCUT2D eigenvalue weighted by atomic mass is 32.2. The molecule has 5 heteroatoms. The van der Waals surface area contributed by atoms with Gasteiger partial charge in [0, 0.05) is 41.9 Å². The maximum absolute atomic E-state index is 9.06. The Balaban J connectivity index is 2.70. The number of rotatable bonds is 7. The monoisotopic (exact) mass is 269 g/mol. The lowest BCUT2D eigenvalue weighted by Crippen LogP contribution is -2.34. The molecule has 0 bridgehead atoms. The molecule has 0 aromatic carbocycles. The molecule has 2 unspecified atom stereocenters. The van der Waals surface area contributed by atoms with Gasteiger partial charge in [-0.25, -0.2) is 9.97 Å². The molecule has 1 heterocycles. The lowest BCUT2D eigenvalue weighted by Gasteiger charge is -2.23. The minimum atomic E-state index is 0.203. The molecule has 0 aliphatic carbocycles. The van der Waals surface area contributed by atoms with Gasteiger partial charge in [-0.2, -0.15) is 11.8 Å². The summed E-state index contributed by atoms with van der Waals surface area (Å²) < 4.78 is 0. The van der Waals surface area contributed by atoms with Crippen molar-refractivity contribution in [3.05, 3.63) is 23.3 Å². The van der Waals surface area contributed by atoms with Gasteiger partial charge in [0.1, 0.15) is 5.82 Å². The highest BCUT2D eigenvalue weighted by Gasteiger charge is 2.15. The van der Waals surface area contributed by atoms with E-state index in [9.17, 15) is 0 Å². The molecular weight excluding hydrogens is 246 g/mol. The van der Waals surface area contributed by atoms with Gasteiger partial charge in [0.05, 0.1) is 0 Å². The first kappa shape index (κ1) is 15.4. The number of aliphatic hydroxyl groups excluding tert-OH is 1. The SMILES string of the molecule is CSCC(CCO)NC(C)c1cnc(C)nc1C. The van der Waals surface area contributed by atoms with E-state index in [2.05, 4.69) is 28.5 Å². The second kappa shape index (κ2) is 7.71. The summed E-state index contributed by atoms with van der Waals surface area (Å²) in [5.74, 6) is 1.80. The minimum absolute atomic E-state index is 0.203. The summed E-state index contributed by atoms with van der Waals surface area (Å²) in [6, 6.07) is 0.523. The third kappa shape index (κ3) is 4.55. The van der Waals surface area contributed by atoms with Crippen molar-refractivity contribution in [2.75, 3.05) is 18.6 Å². The lowest BCUT2D eigenvalue weighted by atomic mass is 10.1. The van der Waals surface area contributed by atoms with Crippen LogP contribution in [0.2, 0.25) is 0 Å². The van der Waals surface area contributed by atoms with Crippen molar-refractivity contribution in [1.29, 1.82) is 0 Å². The predicted octanol–water partition coefficient (Wildman–Crippen LogP) is 1.86. The molecule has 0 amide bonds. The zero-order chi connectivity index (χ0) is 13.5. The Morgan fingerprint density at radius 2 is 2.17 bits per heavy atom. The van der Waals surface area contributed by atoms with Crippen molar-refractivity contribution in [3.63, 3.8) is 0 Å². The number of hydrogen-bond acceptors (Lipinski definition) is 5. The molecule has 1 aromatic rings. The van der Waals surface area contributed by atoms with Crippen LogP contribution >= 0.6 is 11.8 Å². The van der Waals surface area contributed by atoms with Gasteiger partial charge in [0.15, 0.2) is 0 Å². The number of thioether (sulfide) groups is 1. The van der Waals surface area contributed by atoms with E-state index in [1.54, 1.807) is 11.8 Å². The summed E-state index contributed by atoms with van der Waals surface area (Å²) in [7, 11) is 0. The van der Waals surface area contributed by atoms with E-state index < -0.39 is 0 Å². The van der Waals surface area contributed by atoms with E-state index >= 15 is 0 Å². The molecule has 0 radical (unpaired) electrons. The quantitative estimate of drug-likeness (QED) is 0.791. The van der Waals surface area contributed by atoms with Crippen LogP contribution in [0.15, 0.2) is 6.20 Å². The van der Waals surface area contributed by atoms with E-state index in [-0.39, 0.29) is 12.6 Å². The fraction of sp³-hybridized carbons (Fsp3) is 0.692. The third-order valence-electron chi connectivity index (χ3n) is 2.94. The first-order valence-corrected chi connectivity index (χ1v) is 7.63. The van der Waals surface area contributed by atoms with Crippen LogP contribution in [0.25, 0.3) is 0 Å². The molecule has 0 aliphatic rings. The molecule has 2 atom stereocenters. The molecule has 0 saturated heterocycles. The van der Waals surface area contributed by atoms with Gasteiger partial charge < -0.3 is 10.4 Å². The Morgan fingerprint density at radius 3 is 2.72 bits per heavy atom. The van der Waals surface area contributed by atoms with E-state index in [0.29, 0.717) is 6.04 Å². The fourth-order valence-electron chi connectivity index (χ4n) is 2.03.